The maximum Gasteiger partial charge on any atom is 0.433 e. The summed E-state index contributed by atoms with van der Waals surface area (Å²) in [6, 6.07) is 3.69. The Labute approximate surface area is 95.1 Å². The normalized spacial score (nSPS) is 11.5. The zero-order chi connectivity index (χ0) is 12.5. The van der Waals surface area contributed by atoms with E-state index in [2.05, 4.69) is 15.4 Å². The first kappa shape index (κ1) is 11.4. The number of hydrogen-bond donors (Lipinski definition) is 1. The maximum atomic E-state index is 12.4. The molecule has 0 fully saturated rings. The quantitative estimate of drug-likeness (QED) is 0.880. The van der Waals surface area contributed by atoms with Gasteiger partial charge in [0.15, 0.2) is 0 Å². The SMILES string of the molecule is Cn1cc(Nc2cccc(C(F)(F)F)n2)cn1. The van der Waals surface area contributed by atoms with Crippen molar-refractivity contribution >= 4 is 11.5 Å². The molecule has 0 aliphatic rings. The third-order valence-corrected chi connectivity index (χ3v) is 2.02. The minimum Gasteiger partial charge on any atom is -0.338 e. The number of aromatic nitrogens is 3. The highest BCUT2D eigenvalue weighted by atomic mass is 19.4. The van der Waals surface area contributed by atoms with E-state index in [1.54, 1.807) is 13.2 Å². The standard InChI is InChI=1S/C10H9F3N4/c1-17-6-7(5-14-17)15-9-4-2-3-8(16-9)10(11,12)13/h2-6H,1H3,(H,15,16). The summed E-state index contributed by atoms with van der Waals surface area (Å²) in [5.41, 5.74) is -0.342. The number of aryl methyl sites for hydroxylation is 1. The van der Waals surface area contributed by atoms with Crippen LogP contribution in [0.25, 0.3) is 0 Å². The van der Waals surface area contributed by atoms with Crippen LogP contribution in [0, 0.1) is 0 Å². The Morgan fingerprint density at radius 3 is 2.65 bits per heavy atom. The summed E-state index contributed by atoms with van der Waals surface area (Å²) in [7, 11) is 1.71. The van der Waals surface area contributed by atoms with Gasteiger partial charge in [-0.05, 0) is 12.1 Å². The van der Waals surface area contributed by atoms with E-state index in [-0.39, 0.29) is 5.82 Å². The van der Waals surface area contributed by atoms with Crippen molar-refractivity contribution in [2.75, 3.05) is 5.32 Å². The van der Waals surface area contributed by atoms with Crippen molar-refractivity contribution in [2.45, 2.75) is 6.18 Å². The topological polar surface area (TPSA) is 42.7 Å². The number of hydrogen-bond acceptors (Lipinski definition) is 3. The van der Waals surface area contributed by atoms with Gasteiger partial charge in [0.25, 0.3) is 0 Å². The first-order valence-corrected chi connectivity index (χ1v) is 4.75. The van der Waals surface area contributed by atoms with Crippen molar-refractivity contribution in [3.8, 4) is 0 Å². The van der Waals surface area contributed by atoms with Crippen LogP contribution in [-0.2, 0) is 13.2 Å². The van der Waals surface area contributed by atoms with E-state index in [9.17, 15) is 13.2 Å². The minimum atomic E-state index is -4.44. The summed E-state index contributed by atoms with van der Waals surface area (Å²) in [4.78, 5) is 3.48. The predicted molar refractivity (Wildman–Crippen MR) is 55.7 cm³/mol. The fourth-order valence-electron chi connectivity index (χ4n) is 1.30. The highest BCUT2D eigenvalue weighted by Gasteiger charge is 2.32. The van der Waals surface area contributed by atoms with Gasteiger partial charge in [0.1, 0.15) is 11.5 Å². The predicted octanol–water partition coefficient (Wildman–Crippen LogP) is 2.58. The molecule has 1 N–H and O–H groups in total. The molecule has 0 spiro atoms. The van der Waals surface area contributed by atoms with E-state index in [1.165, 1.54) is 23.0 Å². The highest BCUT2D eigenvalue weighted by Crippen LogP contribution is 2.28. The average Bonchev–Trinajstić information content (AvgIpc) is 2.63. The maximum absolute atomic E-state index is 12.4. The van der Waals surface area contributed by atoms with E-state index < -0.39 is 11.9 Å². The number of alkyl halides is 3. The van der Waals surface area contributed by atoms with Gasteiger partial charge in [0.2, 0.25) is 0 Å². The second-order valence-electron chi connectivity index (χ2n) is 3.43. The zero-order valence-electron chi connectivity index (χ0n) is 8.86. The number of pyridine rings is 1. The lowest BCUT2D eigenvalue weighted by molar-refractivity contribution is -0.141. The fourth-order valence-corrected chi connectivity index (χ4v) is 1.30. The molecule has 7 heteroatoms. The second-order valence-corrected chi connectivity index (χ2v) is 3.43. The molecule has 2 aromatic rings. The second kappa shape index (κ2) is 4.08. The van der Waals surface area contributed by atoms with Crippen LogP contribution in [0.3, 0.4) is 0 Å². The number of halogens is 3. The molecule has 0 saturated heterocycles. The molecular weight excluding hydrogens is 233 g/mol. The van der Waals surface area contributed by atoms with Crippen LogP contribution in [0.5, 0.6) is 0 Å². The Morgan fingerprint density at radius 2 is 2.06 bits per heavy atom. The van der Waals surface area contributed by atoms with Gasteiger partial charge in [-0.15, -0.1) is 0 Å². The van der Waals surface area contributed by atoms with E-state index in [4.69, 9.17) is 0 Å². The summed E-state index contributed by atoms with van der Waals surface area (Å²) in [5.74, 6) is 0.132. The molecule has 0 saturated carbocycles. The molecule has 2 heterocycles. The van der Waals surface area contributed by atoms with Gasteiger partial charge in [-0.25, -0.2) is 4.98 Å². The van der Waals surface area contributed by atoms with Gasteiger partial charge >= 0.3 is 6.18 Å². The number of nitrogens with zero attached hydrogens (tertiary/aromatic N) is 3. The van der Waals surface area contributed by atoms with Crippen LogP contribution in [0.4, 0.5) is 24.7 Å². The first-order valence-electron chi connectivity index (χ1n) is 4.75. The molecule has 2 rings (SSSR count). The third-order valence-electron chi connectivity index (χ3n) is 2.02. The molecule has 0 bridgehead atoms. The van der Waals surface area contributed by atoms with Crippen LogP contribution in [-0.4, -0.2) is 14.8 Å². The van der Waals surface area contributed by atoms with Crippen molar-refractivity contribution in [3.05, 3.63) is 36.3 Å². The third kappa shape index (κ3) is 2.74. The van der Waals surface area contributed by atoms with Crippen molar-refractivity contribution in [1.29, 1.82) is 0 Å². The molecule has 0 unspecified atom stereocenters. The molecule has 0 amide bonds. The number of nitrogens with one attached hydrogen (secondary N) is 1. The lowest BCUT2D eigenvalue weighted by atomic mass is 10.3. The molecule has 4 nitrogen and oxygen atoms in total. The van der Waals surface area contributed by atoms with Crippen LogP contribution in [0.2, 0.25) is 0 Å². The smallest absolute Gasteiger partial charge is 0.338 e. The van der Waals surface area contributed by atoms with E-state index in [0.717, 1.165) is 6.07 Å². The molecule has 0 aliphatic carbocycles. The summed E-state index contributed by atoms with van der Waals surface area (Å²) < 4.78 is 38.7. The minimum absolute atomic E-state index is 0.132. The van der Waals surface area contributed by atoms with Gasteiger partial charge in [-0.1, -0.05) is 6.07 Å². The summed E-state index contributed by atoms with van der Waals surface area (Å²) in [6.07, 6.45) is -1.30. The first-order chi connectivity index (χ1) is 7.95. The summed E-state index contributed by atoms with van der Waals surface area (Å²) in [6.45, 7) is 0. The van der Waals surface area contributed by atoms with Gasteiger partial charge in [-0.2, -0.15) is 18.3 Å². The zero-order valence-corrected chi connectivity index (χ0v) is 8.86. The molecule has 90 valence electrons. The summed E-state index contributed by atoms with van der Waals surface area (Å²) >= 11 is 0. The molecule has 0 radical (unpaired) electrons. The highest BCUT2D eigenvalue weighted by molar-refractivity contribution is 5.53. The molecule has 0 atom stereocenters. The Morgan fingerprint density at radius 1 is 1.29 bits per heavy atom. The van der Waals surface area contributed by atoms with Crippen molar-refractivity contribution in [1.82, 2.24) is 14.8 Å². The van der Waals surface area contributed by atoms with E-state index in [0.29, 0.717) is 5.69 Å². The van der Waals surface area contributed by atoms with Gasteiger partial charge in [0, 0.05) is 13.2 Å². The van der Waals surface area contributed by atoms with Crippen LogP contribution in [0.1, 0.15) is 5.69 Å². The Kier molecular flexibility index (Phi) is 2.74. The lowest BCUT2D eigenvalue weighted by Gasteiger charge is -2.08. The van der Waals surface area contributed by atoms with Crippen LogP contribution < -0.4 is 5.32 Å². The largest absolute Gasteiger partial charge is 0.433 e. The lowest BCUT2D eigenvalue weighted by Crippen LogP contribution is -2.08. The Hall–Kier alpha value is -2.05. The molecule has 17 heavy (non-hydrogen) atoms. The Balaban J connectivity index is 2.22. The van der Waals surface area contributed by atoms with Crippen molar-refractivity contribution in [2.24, 2.45) is 7.05 Å². The number of anilines is 2. The molecule has 0 aromatic carbocycles. The average molecular weight is 242 g/mol. The molecule has 0 aliphatic heterocycles. The van der Waals surface area contributed by atoms with E-state index in [1.807, 2.05) is 0 Å². The van der Waals surface area contributed by atoms with Crippen LogP contribution in [0.15, 0.2) is 30.6 Å². The van der Waals surface area contributed by atoms with Gasteiger partial charge < -0.3 is 5.32 Å². The van der Waals surface area contributed by atoms with Crippen molar-refractivity contribution in [3.63, 3.8) is 0 Å². The van der Waals surface area contributed by atoms with Gasteiger partial charge in [-0.3, -0.25) is 4.68 Å². The van der Waals surface area contributed by atoms with Gasteiger partial charge in [0.05, 0.1) is 11.9 Å². The Bertz CT molecular complexity index is 518. The fraction of sp³-hybridized carbons (Fsp3) is 0.200. The van der Waals surface area contributed by atoms with Crippen LogP contribution >= 0.6 is 0 Å². The monoisotopic (exact) mass is 242 g/mol. The molecular formula is C10H9F3N4. The number of rotatable bonds is 2. The van der Waals surface area contributed by atoms with Crippen molar-refractivity contribution < 1.29 is 13.2 Å². The molecule has 2 aromatic heterocycles. The van der Waals surface area contributed by atoms with E-state index >= 15 is 0 Å². The summed E-state index contributed by atoms with van der Waals surface area (Å²) in [5, 5.41) is 6.63.